The standard InChI is InChI=1S/C12H9F2NO4S2/c1-6-5-20-10(12(16)17)11(6)21(18,19)15-9-3-2-7(13)4-8(9)14/h2-5,15H,1H3,(H,16,17). The van der Waals surface area contributed by atoms with Gasteiger partial charge in [-0.3, -0.25) is 4.72 Å². The van der Waals surface area contributed by atoms with Gasteiger partial charge in [-0.15, -0.1) is 11.3 Å². The van der Waals surface area contributed by atoms with Gasteiger partial charge in [0.25, 0.3) is 10.0 Å². The number of carboxylic acid groups (broad SMARTS) is 1. The van der Waals surface area contributed by atoms with Crippen molar-refractivity contribution in [3.63, 3.8) is 0 Å². The van der Waals surface area contributed by atoms with Crippen molar-refractivity contribution in [2.75, 3.05) is 4.72 Å². The van der Waals surface area contributed by atoms with Crippen molar-refractivity contribution >= 4 is 33.0 Å². The van der Waals surface area contributed by atoms with Crippen LogP contribution in [0.25, 0.3) is 0 Å². The molecule has 0 radical (unpaired) electrons. The molecule has 5 nitrogen and oxygen atoms in total. The molecular formula is C12H9F2NO4S2. The Labute approximate surface area is 122 Å². The Bertz CT molecular complexity index is 815. The van der Waals surface area contributed by atoms with Crippen molar-refractivity contribution in [1.82, 2.24) is 0 Å². The molecule has 0 amide bonds. The molecule has 21 heavy (non-hydrogen) atoms. The number of hydrogen-bond acceptors (Lipinski definition) is 4. The number of hydrogen-bond donors (Lipinski definition) is 2. The number of sulfonamides is 1. The molecular weight excluding hydrogens is 324 g/mol. The van der Waals surface area contributed by atoms with Gasteiger partial charge in [0.05, 0.1) is 5.69 Å². The average Bonchev–Trinajstić information content (AvgIpc) is 2.76. The molecule has 0 aliphatic heterocycles. The summed E-state index contributed by atoms with van der Waals surface area (Å²) in [5.74, 6) is -3.34. The van der Waals surface area contributed by atoms with Gasteiger partial charge in [0.2, 0.25) is 0 Å². The van der Waals surface area contributed by atoms with E-state index < -0.39 is 38.2 Å². The van der Waals surface area contributed by atoms with Gasteiger partial charge in [-0.2, -0.15) is 0 Å². The fourth-order valence-electron chi connectivity index (χ4n) is 1.68. The van der Waals surface area contributed by atoms with Crippen LogP contribution in [0.1, 0.15) is 15.2 Å². The van der Waals surface area contributed by atoms with Crippen molar-refractivity contribution in [3.05, 3.63) is 45.7 Å². The van der Waals surface area contributed by atoms with E-state index in [-0.39, 0.29) is 10.4 Å². The number of nitrogens with one attached hydrogen (secondary N) is 1. The molecule has 1 aromatic carbocycles. The number of carbonyl (C=O) groups is 1. The lowest BCUT2D eigenvalue weighted by Gasteiger charge is -2.09. The molecule has 2 aromatic rings. The molecule has 0 bridgehead atoms. The summed E-state index contributed by atoms with van der Waals surface area (Å²) in [5, 5.41) is 10.4. The maximum Gasteiger partial charge on any atom is 0.347 e. The molecule has 2 rings (SSSR count). The Morgan fingerprint density at radius 3 is 2.57 bits per heavy atom. The van der Waals surface area contributed by atoms with Crippen LogP contribution < -0.4 is 4.72 Å². The number of rotatable bonds is 4. The van der Waals surface area contributed by atoms with Crippen LogP contribution in [0, 0.1) is 18.6 Å². The Balaban J connectivity index is 2.48. The lowest BCUT2D eigenvalue weighted by Crippen LogP contribution is -2.17. The Morgan fingerprint density at radius 1 is 1.33 bits per heavy atom. The van der Waals surface area contributed by atoms with E-state index in [0.29, 0.717) is 6.07 Å². The van der Waals surface area contributed by atoms with E-state index in [1.54, 1.807) is 0 Å². The first-order valence-electron chi connectivity index (χ1n) is 5.51. The van der Waals surface area contributed by atoms with Gasteiger partial charge in [0, 0.05) is 6.07 Å². The molecule has 0 saturated carbocycles. The van der Waals surface area contributed by atoms with Gasteiger partial charge >= 0.3 is 5.97 Å². The molecule has 1 aromatic heterocycles. The van der Waals surface area contributed by atoms with Crippen molar-refractivity contribution in [3.8, 4) is 0 Å². The molecule has 0 fully saturated rings. The molecule has 9 heteroatoms. The zero-order chi connectivity index (χ0) is 15.8. The van der Waals surface area contributed by atoms with Crippen molar-refractivity contribution in [2.24, 2.45) is 0 Å². The molecule has 1 heterocycles. The topological polar surface area (TPSA) is 83.5 Å². The largest absolute Gasteiger partial charge is 0.477 e. The first kappa shape index (κ1) is 15.4. The second kappa shape index (κ2) is 5.41. The molecule has 0 aliphatic rings. The number of anilines is 1. The smallest absolute Gasteiger partial charge is 0.347 e. The number of carboxylic acids is 1. The highest BCUT2D eigenvalue weighted by Gasteiger charge is 2.27. The fourth-order valence-corrected chi connectivity index (χ4v) is 4.38. The normalized spacial score (nSPS) is 11.4. The maximum atomic E-state index is 13.5. The lowest BCUT2D eigenvalue weighted by molar-refractivity contribution is 0.0698. The highest BCUT2D eigenvalue weighted by atomic mass is 32.2. The van der Waals surface area contributed by atoms with Gasteiger partial charge in [0.15, 0.2) is 0 Å². The predicted molar refractivity (Wildman–Crippen MR) is 73.2 cm³/mol. The predicted octanol–water partition coefficient (Wildman–Crippen LogP) is 2.83. The van der Waals surface area contributed by atoms with Crippen LogP contribution in [0.3, 0.4) is 0 Å². The lowest BCUT2D eigenvalue weighted by atomic mass is 10.3. The van der Waals surface area contributed by atoms with Gasteiger partial charge in [-0.1, -0.05) is 0 Å². The third-order valence-corrected chi connectivity index (χ3v) is 5.32. The van der Waals surface area contributed by atoms with Crippen LogP contribution in [-0.2, 0) is 10.0 Å². The summed E-state index contributed by atoms with van der Waals surface area (Å²) < 4.78 is 52.7. The minimum absolute atomic E-state index is 0.229. The average molecular weight is 333 g/mol. The van der Waals surface area contributed by atoms with Crippen LogP contribution in [0.15, 0.2) is 28.5 Å². The molecule has 0 saturated heterocycles. The summed E-state index contributed by atoms with van der Waals surface area (Å²) in [5.41, 5.74) is -0.231. The zero-order valence-electron chi connectivity index (χ0n) is 10.6. The fraction of sp³-hybridized carbons (Fsp3) is 0.0833. The summed E-state index contributed by atoms with van der Waals surface area (Å²) in [4.78, 5) is 10.2. The SMILES string of the molecule is Cc1csc(C(=O)O)c1S(=O)(=O)Nc1ccc(F)cc1F. The van der Waals surface area contributed by atoms with Crippen LogP contribution in [0.2, 0.25) is 0 Å². The van der Waals surface area contributed by atoms with E-state index in [2.05, 4.69) is 0 Å². The number of benzene rings is 1. The minimum Gasteiger partial charge on any atom is -0.477 e. The molecule has 0 unspecified atom stereocenters. The molecule has 2 N–H and O–H groups in total. The van der Waals surface area contributed by atoms with Crippen LogP contribution in [0.5, 0.6) is 0 Å². The van der Waals surface area contributed by atoms with E-state index in [4.69, 9.17) is 5.11 Å². The van der Waals surface area contributed by atoms with E-state index in [9.17, 15) is 22.0 Å². The van der Waals surface area contributed by atoms with Gasteiger partial charge in [-0.25, -0.2) is 22.0 Å². The number of aromatic carboxylic acids is 1. The quantitative estimate of drug-likeness (QED) is 0.901. The zero-order valence-corrected chi connectivity index (χ0v) is 12.2. The first-order valence-corrected chi connectivity index (χ1v) is 7.88. The number of aryl methyl sites for hydroxylation is 1. The van der Waals surface area contributed by atoms with E-state index >= 15 is 0 Å². The molecule has 112 valence electrons. The molecule has 0 aliphatic carbocycles. The third kappa shape index (κ3) is 3.03. The van der Waals surface area contributed by atoms with E-state index in [1.807, 2.05) is 4.72 Å². The van der Waals surface area contributed by atoms with Crippen molar-refractivity contribution in [2.45, 2.75) is 11.8 Å². The number of thiophene rings is 1. The second-order valence-corrected chi connectivity index (χ2v) is 6.61. The Morgan fingerprint density at radius 2 is 2.00 bits per heavy atom. The van der Waals surface area contributed by atoms with E-state index in [0.717, 1.165) is 23.5 Å². The maximum absolute atomic E-state index is 13.5. The summed E-state index contributed by atoms with van der Waals surface area (Å²) in [6.07, 6.45) is 0. The highest BCUT2D eigenvalue weighted by molar-refractivity contribution is 7.93. The van der Waals surface area contributed by atoms with E-state index in [1.165, 1.54) is 12.3 Å². The second-order valence-electron chi connectivity index (χ2n) is 4.11. The summed E-state index contributed by atoms with van der Waals surface area (Å²) >= 11 is 0.756. The van der Waals surface area contributed by atoms with Crippen LogP contribution in [0.4, 0.5) is 14.5 Å². The number of halogens is 2. The Kier molecular flexibility index (Phi) is 3.97. The molecule has 0 spiro atoms. The van der Waals surface area contributed by atoms with Crippen molar-refractivity contribution < 1.29 is 27.1 Å². The van der Waals surface area contributed by atoms with Gasteiger partial charge < -0.3 is 5.11 Å². The van der Waals surface area contributed by atoms with Crippen LogP contribution >= 0.6 is 11.3 Å². The monoisotopic (exact) mass is 333 g/mol. The first-order chi connectivity index (χ1) is 9.72. The van der Waals surface area contributed by atoms with Gasteiger partial charge in [-0.05, 0) is 30.0 Å². The summed E-state index contributed by atoms with van der Waals surface area (Å²) in [6, 6.07) is 2.33. The summed E-state index contributed by atoms with van der Waals surface area (Å²) in [7, 11) is -4.29. The van der Waals surface area contributed by atoms with Crippen molar-refractivity contribution in [1.29, 1.82) is 0 Å². The van der Waals surface area contributed by atoms with Gasteiger partial charge in [0.1, 0.15) is 21.4 Å². The third-order valence-electron chi connectivity index (χ3n) is 2.56. The molecule has 0 atom stereocenters. The van der Waals surface area contributed by atoms with Crippen LogP contribution in [-0.4, -0.2) is 19.5 Å². The summed E-state index contributed by atoms with van der Waals surface area (Å²) in [6.45, 7) is 1.43. The minimum atomic E-state index is -4.29. The Hall–Kier alpha value is -2.00. The highest BCUT2D eigenvalue weighted by Crippen LogP contribution is 2.29.